The molecule has 0 bridgehead atoms. The Morgan fingerprint density at radius 3 is 2.71 bits per heavy atom. The summed E-state index contributed by atoms with van der Waals surface area (Å²) in [6.45, 7) is 14.4. The van der Waals surface area contributed by atoms with Crippen LogP contribution in [0.4, 0.5) is 0 Å². The van der Waals surface area contributed by atoms with Gasteiger partial charge in [0.15, 0.2) is 0 Å². The van der Waals surface area contributed by atoms with Gasteiger partial charge in [0.1, 0.15) is 0 Å². The third-order valence-corrected chi connectivity index (χ3v) is 3.99. The van der Waals surface area contributed by atoms with Crippen LogP contribution in [0.15, 0.2) is 0 Å². The zero-order valence-corrected chi connectivity index (χ0v) is 12.3. The minimum absolute atomic E-state index is 0.691. The summed E-state index contributed by atoms with van der Waals surface area (Å²) in [5.41, 5.74) is 0. The Hall–Kier alpha value is -0.0800. The number of piperidine rings is 1. The Bertz CT molecular complexity index is 191. The van der Waals surface area contributed by atoms with Crippen LogP contribution in [-0.4, -0.2) is 37.1 Å². The van der Waals surface area contributed by atoms with Crippen molar-refractivity contribution in [2.75, 3.05) is 26.2 Å². The van der Waals surface area contributed by atoms with Crippen molar-refractivity contribution in [1.82, 2.24) is 10.2 Å². The molecule has 0 saturated carbocycles. The van der Waals surface area contributed by atoms with Gasteiger partial charge >= 0.3 is 0 Å². The highest BCUT2D eigenvalue weighted by Gasteiger charge is 2.23. The van der Waals surface area contributed by atoms with Crippen molar-refractivity contribution in [3.05, 3.63) is 0 Å². The molecule has 1 aliphatic rings. The number of rotatable bonds is 7. The highest BCUT2D eigenvalue weighted by atomic mass is 15.1. The standard InChI is InChI=1S/C15H32N2/c1-5-9-16-14(4)15-7-6-10-17(12-15)11-8-13(2)3/h13-16H,5-12H2,1-4H3. The summed E-state index contributed by atoms with van der Waals surface area (Å²) >= 11 is 0. The molecule has 0 aromatic rings. The number of likely N-dealkylation sites (tertiary alicyclic amines) is 1. The van der Waals surface area contributed by atoms with E-state index in [0.717, 1.165) is 11.8 Å². The third-order valence-electron chi connectivity index (χ3n) is 3.99. The fourth-order valence-corrected chi connectivity index (χ4v) is 2.68. The van der Waals surface area contributed by atoms with Crippen molar-refractivity contribution in [2.24, 2.45) is 11.8 Å². The molecule has 1 N–H and O–H groups in total. The van der Waals surface area contributed by atoms with Gasteiger partial charge in [0.25, 0.3) is 0 Å². The maximum Gasteiger partial charge on any atom is 0.00792 e. The van der Waals surface area contributed by atoms with Gasteiger partial charge in [-0.15, -0.1) is 0 Å². The molecule has 0 amide bonds. The Balaban J connectivity index is 2.27. The van der Waals surface area contributed by atoms with E-state index in [1.807, 2.05) is 0 Å². The van der Waals surface area contributed by atoms with Crippen LogP contribution in [0.5, 0.6) is 0 Å². The molecule has 17 heavy (non-hydrogen) atoms. The molecule has 1 heterocycles. The summed E-state index contributed by atoms with van der Waals surface area (Å²) in [5.74, 6) is 1.70. The molecule has 102 valence electrons. The van der Waals surface area contributed by atoms with E-state index >= 15 is 0 Å². The molecule has 2 nitrogen and oxygen atoms in total. The van der Waals surface area contributed by atoms with E-state index in [4.69, 9.17) is 0 Å². The average molecular weight is 240 g/mol. The molecular weight excluding hydrogens is 208 g/mol. The summed E-state index contributed by atoms with van der Waals surface area (Å²) in [6, 6.07) is 0.691. The molecular formula is C15H32N2. The predicted molar refractivity (Wildman–Crippen MR) is 76.4 cm³/mol. The van der Waals surface area contributed by atoms with Crippen LogP contribution in [0.3, 0.4) is 0 Å². The summed E-state index contributed by atoms with van der Waals surface area (Å²) in [7, 11) is 0. The summed E-state index contributed by atoms with van der Waals surface area (Å²) in [5, 5.41) is 3.66. The van der Waals surface area contributed by atoms with E-state index in [2.05, 4.69) is 37.9 Å². The maximum absolute atomic E-state index is 3.66. The number of hydrogen-bond acceptors (Lipinski definition) is 2. The van der Waals surface area contributed by atoms with Crippen molar-refractivity contribution in [3.8, 4) is 0 Å². The summed E-state index contributed by atoms with van der Waals surface area (Å²) in [4.78, 5) is 2.68. The molecule has 0 spiro atoms. The highest BCUT2D eigenvalue weighted by molar-refractivity contribution is 4.80. The topological polar surface area (TPSA) is 15.3 Å². The fourth-order valence-electron chi connectivity index (χ4n) is 2.68. The number of hydrogen-bond donors (Lipinski definition) is 1. The maximum atomic E-state index is 3.66. The largest absolute Gasteiger partial charge is 0.314 e. The molecule has 0 aromatic carbocycles. The SMILES string of the molecule is CCCNC(C)C1CCCN(CCC(C)C)C1. The molecule has 1 fully saturated rings. The molecule has 0 aromatic heterocycles. The van der Waals surface area contributed by atoms with E-state index < -0.39 is 0 Å². The quantitative estimate of drug-likeness (QED) is 0.735. The highest BCUT2D eigenvalue weighted by Crippen LogP contribution is 2.20. The molecule has 0 radical (unpaired) electrons. The van der Waals surface area contributed by atoms with Gasteiger partial charge in [-0.2, -0.15) is 0 Å². The van der Waals surface area contributed by atoms with Gasteiger partial charge in [-0.1, -0.05) is 20.8 Å². The van der Waals surface area contributed by atoms with Crippen LogP contribution < -0.4 is 5.32 Å². The molecule has 2 atom stereocenters. The predicted octanol–water partition coefficient (Wildman–Crippen LogP) is 3.13. The molecule has 0 aliphatic carbocycles. The lowest BCUT2D eigenvalue weighted by molar-refractivity contribution is 0.145. The van der Waals surface area contributed by atoms with Gasteiger partial charge in [0.2, 0.25) is 0 Å². The van der Waals surface area contributed by atoms with Gasteiger partial charge in [-0.3, -0.25) is 0 Å². The van der Waals surface area contributed by atoms with Crippen molar-refractivity contribution >= 4 is 0 Å². The Morgan fingerprint density at radius 2 is 2.06 bits per heavy atom. The molecule has 1 saturated heterocycles. The zero-order valence-electron chi connectivity index (χ0n) is 12.3. The van der Waals surface area contributed by atoms with Gasteiger partial charge in [-0.25, -0.2) is 0 Å². The zero-order chi connectivity index (χ0) is 12.7. The first-order valence-electron chi connectivity index (χ1n) is 7.59. The van der Waals surface area contributed by atoms with E-state index in [9.17, 15) is 0 Å². The van der Waals surface area contributed by atoms with Gasteiger partial charge < -0.3 is 10.2 Å². The smallest absolute Gasteiger partial charge is 0.00792 e. The number of nitrogens with zero attached hydrogens (tertiary/aromatic N) is 1. The second-order valence-corrected chi connectivity index (χ2v) is 6.13. The van der Waals surface area contributed by atoms with Crippen molar-refractivity contribution < 1.29 is 0 Å². The molecule has 2 unspecified atom stereocenters. The molecule has 1 aliphatic heterocycles. The monoisotopic (exact) mass is 240 g/mol. The van der Waals surface area contributed by atoms with Crippen molar-refractivity contribution in [1.29, 1.82) is 0 Å². The third kappa shape index (κ3) is 5.87. The average Bonchev–Trinajstić information content (AvgIpc) is 2.33. The van der Waals surface area contributed by atoms with Crippen molar-refractivity contribution in [3.63, 3.8) is 0 Å². The minimum Gasteiger partial charge on any atom is -0.314 e. The first-order valence-corrected chi connectivity index (χ1v) is 7.59. The Kier molecular flexibility index (Phi) is 7.14. The van der Waals surface area contributed by atoms with Gasteiger partial charge in [0.05, 0.1) is 0 Å². The lowest BCUT2D eigenvalue weighted by Crippen LogP contribution is -2.45. The van der Waals surface area contributed by atoms with Crippen LogP contribution in [0, 0.1) is 11.8 Å². The van der Waals surface area contributed by atoms with Crippen LogP contribution in [0.2, 0.25) is 0 Å². The van der Waals surface area contributed by atoms with Gasteiger partial charge in [-0.05, 0) is 64.1 Å². The lowest BCUT2D eigenvalue weighted by Gasteiger charge is -2.36. The van der Waals surface area contributed by atoms with Crippen LogP contribution in [-0.2, 0) is 0 Å². The molecule has 1 rings (SSSR count). The normalized spacial score (nSPS) is 24.2. The number of nitrogens with one attached hydrogen (secondary N) is 1. The Labute approximate surface area is 108 Å². The second-order valence-electron chi connectivity index (χ2n) is 6.13. The van der Waals surface area contributed by atoms with E-state index in [1.54, 1.807) is 0 Å². The van der Waals surface area contributed by atoms with Gasteiger partial charge in [0, 0.05) is 12.6 Å². The van der Waals surface area contributed by atoms with E-state index in [1.165, 1.54) is 51.9 Å². The van der Waals surface area contributed by atoms with Crippen LogP contribution in [0.25, 0.3) is 0 Å². The molecule has 2 heteroatoms. The summed E-state index contributed by atoms with van der Waals surface area (Å²) in [6.07, 6.45) is 5.40. The van der Waals surface area contributed by atoms with Crippen molar-refractivity contribution in [2.45, 2.75) is 59.4 Å². The van der Waals surface area contributed by atoms with E-state index in [-0.39, 0.29) is 0 Å². The van der Waals surface area contributed by atoms with E-state index in [0.29, 0.717) is 6.04 Å². The first-order chi connectivity index (χ1) is 8.13. The fraction of sp³-hybridized carbons (Fsp3) is 1.00. The Morgan fingerprint density at radius 1 is 1.29 bits per heavy atom. The minimum atomic E-state index is 0.691. The summed E-state index contributed by atoms with van der Waals surface area (Å²) < 4.78 is 0. The first kappa shape index (κ1) is 15.0. The van der Waals surface area contributed by atoms with Crippen LogP contribution in [0.1, 0.15) is 53.4 Å². The van der Waals surface area contributed by atoms with Crippen LogP contribution >= 0.6 is 0 Å². The second kappa shape index (κ2) is 8.10. The lowest BCUT2D eigenvalue weighted by atomic mass is 9.91.